The Labute approximate surface area is 107 Å². The minimum absolute atomic E-state index is 0.0259. The van der Waals surface area contributed by atoms with Crippen molar-refractivity contribution in [3.63, 3.8) is 0 Å². The summed E-state index contributed by atoms with van der Waals surface area (Å²) >= 11 is 0. The molecule has 2 heterocycles. The predicted octanol–water partition coefficient (Wildman–Crippen LogP) is 0.873. The number of carbonyl (C=O) groups excluding carboxylic acids is 1. The van der Waals surface area contributed by atoms with Crippen LogP contribution in [0.4, 0.5) is 0 Å². The maximum absolute atomic E-state index is 12.1. The zero-order chi connectivity index (χ0) is 13.1. The van der Waals surface area contributed by atoms with E-state index in [1.54, 1.807) is 0 Å². The van der Waals surface area contributed by atoms with Gasteiger partial charge in [-0.2, -0.15) is 5.10 Å². The molecule has 1 aromatic rings. The van der Waals surface area contributed by atoms with Gasteiger partial charge in [-0.05, 0) is 32.8 Å². The number of aliphatic hydroxyl groups excluding tert-OH is 1. The predicted molar refractivity (Wildman–Crippen MR) is 68.1 cm³/mol. The van der Waals surface area contributed by atoms with Crippen LogP contribution in [0, 0.1) is 13.8 Å². The van der Waals surface area contributed by atoms with Gasteiger partial charge in [-0.1, -0.05) is 0 Å². The molecule has 1 aliphatic rings. The normalized spacial score (nSPS) is 19.5. The van der Waals surface area contributed by atoms with Crippen molar-refractivity contribution in [3.05, 3.63) is 17.5 Å². The zero-order valence-electron chi connectivity index (χ0n) is 11.1. The highest BCUT2D eigenvalue weighted by molar-refractivity contribution is 5.76. The molecule has 100 valence electrons. The molecule has 0 spiro atoms. The van der Waals surface area contributed by atoms with Crippen LogP contribution in [-0.4, -0.2) is 44.9 Å². The van der Waals surface area contributed by atoms with Crippen LogP contribution in [0.5, 0.6) is 0 Å². The molecule has 5 heteroatoms. The van der Waals surface area contributed by atoms with Crippen molar-refractivity contribution in [2.24, 2.45) is 0 Å². The lowest BCUT2D eigenvalue weighted by Crippen LogP contribution is -2.38. The van der Waals surface area contributed by atoms with E-state index in [0.717, 1.165) is 30.8 Å². The molecule has 0 unspecified atom stereocenters. The highest BCUT2D eigenvalue weighted by Crippen LogP contribution is 2.18. The molecular weight excluding hydrogens is 230 g/mol. The molecule has 0 bridgehead atoms. The summed E-state index contributed by atoms with van der Waals surface area (Å²) in [4.78, 5) is 13.9. The van der Waals surface area contributed by atoms with Crippen LogP contribution in [0.15, 0.2) is 6.07 Å². The van der Waals surface area contributed by atoms with Crippen LogP contribution in [0.1, 0.15) is 30.7 Å². The number of amides is 1. The number of aromatic nitrogens is 2. The van der Waals surface area contributed by atoms with Gasteiger partial charge in [0.1, 0.15) is 0 Å². The van der Waals surface area contributed by atoms with Gasteiger partial charge < -0.3 is 10.0 Å². The second kappa shape index (κ2) is 5.52. The summed E-state index contributed by atoms with van der Waals surface area (Å²) in [6, 6.07) is 2.04. The SMILES string of the molecule is Cc1cc(C)n(CCC(=O)N2CCC[C@@H]2CO)n1. The molecule has 0 aliphatic carbocycles. The molecule has 1 aliphatic heterocycles. The topological polar surface area (TPSA) is 58.4 Å². The first-order valence-electron chi connectivity index (χ1n) is 6.53. The largest absolute Gasteiger partial charge is 0.394 e. The second-order valence-electron chi connectivity index (χ2n) is 4.97. The van der Waals surface area contributed by atoms with E-state index in [9.17, 15) is 9.90 Å². The minimum Gasteiger partial charge on any atom is -0.394 e. The molecule has 1 amide bonds. The smallest absolute Gasteiger partial charge is 0.224 e. The third kappa shape index (κ3) is 2.72. The van der Waals surface area contributed by atoms with Crippen molar-refractivity contribution in [1.82, 2.24) is 14.7 Å². The average molecular weight is 251 g/mol. The summed E-state index contributed by atoms with van der Waals surface area (Å²) in [7, 11) is 0. The number of likely N-dealkylation sites (tertiary alicyclic amines) is 1. The number of aryl methyl sites for hydroxylation is 3. The van der Waals surface area contributed by atoms with Crippen LogP contribution >= 0.6 is 0 Å². The molecule has 1 N–H and O–H groups in total. The molecule has 1 aromatic heterocycles. The van der Waals surface area contributed by atoms with Crippen LogP contribution < -0.4 is 0 Å². The van der Waals surface area contributed by atoms with E-state index in [2.05, 4.69) is 5.10 Å². The molecule has 1 saturated heterocycles. The van der Waals surface area contributed by atoms with Gasteiger partial charge in [0, 0.05) is 25.2 Å². The zero-order valence-corrected chi connectivity index (χ0v) is 11.1. The van der Waals surface area contributed by atoms with Gasteiger partial charge in [-0.25, -0.2) is 0 Å². The van der Waals surface area contributed by atoms with E-state index in [-0.39, 0.29) is 18.6 Å². The molecule has 18 heavy (non-hydrogen) atoms. The second-order valence-corrected chi connectivity index (χ2v) is 4.97. The summed E-state index contributed by atoms with van der Waals surface area (Å²) in [5.74, 6) is 0.124. The van der Waals surface area contributed by atoms with Crippen LogP contribution in [0.2, 0.25) is 0 Å². The summed E-state index contributed by atoms with van der Waals surface area (Å²) < 4.78 is 1.87. The first kappa shape index (κ1) is 13.1. The van der Waals surface area contributed by atoms with E-state index in [4.69, 9.17) is 0 Å². The van der Waals surface area contributed by atoms with Gasteiger partial charge in [0.25, 0.3) is 0 Å². The Bertz CT molecular complexity index is 428. The summed E-state index contributed by atoms with van der Waals surface area (Å²) in [6.07, 6.45) is 2.37. The monoisotopic (exact) mass is 251 g/mol. The molecular formula is C13H21N3O2. The van der Waals surface area contributed by atoms with Gasteiger partial charge in [-0.3, -0.25) is 9.48 Å². The highest BCUT2D eigenvalue weighted by Gasteiger charge is 2.27. The Balaban J connectivity index is 1.90. The number of hydrogen-bond acceptors (Lipinski definition) is 3. The quantitative estimate of drug-likeness (QED) is 0.864. The first-order valence-corrected chi connectivity index (χ1v) is 6.53. The molecule has 1 atom stereocenters. The highest BCUT2D eigenvalue weighted by atomic mass is 16.3. The van der Waals surface area contributed by atoms with Crippen LogP contribution in [-0.2, 0) is 11.3 Å². The molecule has 0 radical (unpaired) electrons. The molecule has 0 aromatic carbocycles. The fourth-order valence-corrected chi connectivity index (χ4v) is 2.60. The maximum Gasteiger partial charge on any atom is 0.224 e. The fourth-order valence-electron chi connectivity index (χ4n) is 2.60. The Morgan fingerprint density at radius 1 is 1.56 bits per heavy atom. The number of nitrogens with zero attached hydrogens (tertiary/aromatic N) is 3. The number of aliphatic hydroxyl groups is 1. The van der Waals surface area contributed by atoms with E-state index in [1.165, 1.54) is 0 Å². The van der Waals surface area contributed by atoms with Gasteiger partial charge >= 0.3 is 0 Å². The third-order valence-electron chi connectivity index (χ3n) is 3.55. The summed E-state index contributed by atoms with van der Waals surface area (Å²) in [5.41, 5.74) is 2.06. The third-order valence-corrected chi connectivity index (χ3v) is 3.55. The van der Waals surface area contributed by atoms with Crippen molar-refractivity contribution in [2.45, 2.75) is 45.7 Å². The number of rotatable bonds is 4. The van der Waals surface area contributed by atoms with Gasteiger partial charge in [0.2, 0.25) is 5.91 Å². The Morgan fingerprint density at radius 3 is 2.94 bits per heavy atom. The lowest BCUT2D eigenvalue weighted by atomic mass is 10.2. The molecule has 0 saturated carbocycles. The lowest BCUT2D eigenvalue weighted by Gasteiger charge is -2.23. The first-order chi connectivity index (χ1) is 8.61. The van der Waals surface area contributed by atoms with E-state index < -0.39 is 0 Å². The fraction of sp³-hybridized carbons (Fsp3) is 0.692. The van der Waals surface area contributed by atoms with Gasteiger partial charge in [-0.15, -0.1) is 0 Å². The Morgan fingerprint density at radius 2 is 2.33 bits per heavy atom. The number of carbonyl (C=O) groups is 1. The number of hydrogen-bond donors (Lipinski definition) is 1. The Hall–Kier alpha value is -1.36. The standard InChI is InChI=1S/C13H21N3O2/c1-10-8-11(2)16(14-10)7-5-13(18)15-6-3-4-12(15)9-17/h8,12,17H,3-7,9H2,1-2H3/t12-/m1/s1. The summed E-state index contributed by atoms with van der Waals surface area (Å²) in [6.45, 7) is 5.42. The lowest BCUT2D eigenvalue weighted by molar-refractivity contribution is -0.133. The average Bonchev–Trinajstić information content (AvgIpc) is 2.92. The van der Waals surface area contributed by atoms with Gasteiger partial charge in [0.05, 0.1) is 18.3 Å². The Kier molecular flexibility index (Phi) is 4.01. The van der Waals surface area contributed by atoms with Crippen molar-refractivity contribution >= 4 is 5.91 Å². The minimum atomic E-state index is 0.0259. The van der Waals surface area contributed by atoms with Crippen molar-refractivity contribution in [1.29, 1.82) is 0 Å². The summed E-state index contributed by atoms with van der Waals surface area (Å²) in [5, 5.41) is 13.6. The van der Waals surface area contributed by atoms with E-state index >= 15 is 0 Å². The van der Waals surface area contributed by atoms with Crippen molar-refractivity contribution in [3.8, 4) is 0 Å². The van der Waals surface area contributed by atoms with Crippen LogP contribution in [0.25, 0.3) is 0 Å². The molecule has 5 nitrogen and oxygen atoms in total. The van der Waals surface area contributed by atoms with Gasteiger partial charge in [0.15, 0.2) is 0 Å². The van der Waals surface area contributed by atoms with Crippen molar-refractivity contribution < 1.29 is 9.90 Å². The van der Waals surface area contributed by atoms with Crippen molar-refractivity contribution in [2.75, 3.05) is 13.2 Å². The van der Waals surface area contributed by atoms with E-state index in [1.807, 2.05) is 29.5 Å². The molecule has 2 rings (SSSR count). The van der Waals surface area contributed by atoms with E-state index in [0.29, 0.717) is 13.0 Å². The molecule has 1 fully saturated rings. The maximum atomic E-state index is 12.1. The van der Waals surface area contributed by atoms with Crippen LogP contribution in [0.3, 0.4) is 0 Å².